The zero-order valence-electron chi connectivity index (χ0n) is 11.3. The van der Waals surface area contributed by atoms with Crippen molar-refractivity contribution in [3.05, 3.63) is 63.0 Å². The van der Waals surface area contributed by atoms with Crippen molar-refractivity contribution in [2.24, 2.45) is 0 Å². The number of halogens is 6. The van der Waals surface area contributed by atoms with E-state index < -0.39 is 28.1 Å². The van der Waals surface area contributed by atoms with E-state index in [2.05, 4.69) is 0 Å². The van der Waals surface area contributed by atoms with Crippen molar-refractivity contribution in [3.8, 4) is 0 Å². The Morgan fingerprint density at radius 2 is 1.78 bits per heavy atom. The van der Waals surface area contributed by atoms with Gasteiger partial charge < -0.3 is 4.57 Å². The van der Waals surface area contributed by atoms with E-state index in [1.54, 1.807) is 0 Å². The summed E-state index contributed by atoms with van der Waals surface area (Å²) in [5, 5.41) is -0.537. The van der Waals surface area contributed by atoms with Gasteiger partial charge in [-0.3, -0.25) is 4.79 Å². The van der Waals surface area contributed by atoms with Gasteiger partial charge in [0, 0.05) is 11.1 Å². The molecule has 1 heterocycles. The fraction of sp³-hybridized carbons (Fsp3) is 0.214. The summed E-state index contributed by atoms with van der Waals surface area (Å²) in [6.45, 7) is -0.151. The van der Waals surface area contributed by atoms with Crippen LogP contribution in [0.2, 0.25) is 5.02 Å². The van der Waals surface area contributed by atoms with Crippen LogP contribution in [0.1, 0.15) is 11.1 Å². The average molecular weight is 370 g/mol. The van der Waals surface area contributed by atoms with E-state index in [1.807, 2.05) is 0 Å². The molecule has 0 radical (unpaired) electrons. The summed E-state index contributed by atoms with van der Waals surface area (Å²) in [7, 11) is 0. The normalized spacial score (nSPS) is 12.0. The summed E-state index contributed by atoms with van der Waals surface area (Å²) in [6.07, 6.45) is -3.95. The van der Waals surface area contributed by atoms with Gasteiger partial charge in [-0.25, -0.2) is 0 Å². The molecule has 0 N–H and O–H groups in total. The second kappa shape index (κ2) is 6.92. The first kappa shape index (κ1) is 17.8. The van der Waals surface area contributed by atoms with Gasteiger partial charge in [0.2, 0.25) is 0 Å². The van der Waals surface area contributed by atoms with E-state index in [-0.39, 0.29) is 6.54 Å². The number of hydrogen-bond donors (Lipinski definition) is 0. The van der Waals surface area contributed by atoms with Crippen LogP contribution in [-0.4, -0.2) is 10.3 Å². The Labute approximate surface area is 136 Å². The molecule has 2 aromatic rings. The third kappa shape index (κ3) is 4.71. The number of rotatable bonds is 4. The average Bonchev–Trinajstić information content (AvgIpc) is 2.44. The SMILES string of the molecule is O=c1c(Cl)cc(C(F)(F)F)cn1Cc1ccc(SC(F)F)cc1. The molecule has 0 amide bonds. The minimum Gasteiger partial charge on any atom is -0.309 e. The quantitative estimate of drug-likeness (QED) is 0.566. The van der Waals surface area contributed by atoms with Crippen LogP contribution < -0.4 is 5.56 Å². The summed E-state index contributed by atoms with van der Waals surface area (Å²) in [5.74, 6) is -2.56. The number of thioether (sulfide) groups is 1. The number of nitrogens with zero attached hydrogens (tertiary/aromatic N) is 1. The van der Waals surface area contributed by atoms with E-state index in [4.69, 9.17) is 11.6 Å². The molecule has 0 aliphatic carbocycles. The lowest BCUT2D eigenvalue weighted by Gasteiger charge is -2.12. The number of aromatic nitrogens is 1. The van der Waals surface area contributed by atoms with Crippen molar-refractivity contribution in [2.45, 2.75) is 23.4 Å². The number of hydrogen-bond acceptors (Lipinski definition) is 2. The first-order chi connectivity index (χ1) is 10.7. The van der Waals surface area contributed by atoms with Crippen LogP contribution >= 0.6 is 23.4 Å². The molecular weight excluding hydrogens is 361 g/mol. The maximum Gasteiger partial charge on any atom is 0.417 e. The van der Waals surface area contributed by atoms with E-state index in [9.17, 15) is 26.7 Å². The smallest absolute Gasteiger partial charge is 0.309 e. The second-order valence-electron chi connectivity index (χ2n) is 4.53. The fourth-order valence-corrected chi connectivity index (χ4v) is 2.57. The molecule has 0 fully saturated rings. The zero-order valence-corrected chi connectivity index (χ0v) is 12.9. The van der Waals surface area contributed by atoms with Gasteiger partial charge in [0.05, 0.1) is 12.1 Å². The largest absolute Gasteiger partial charge is 0.417 e. The molecule has 1 aromatic heterocycles. The molecule has 2 nitrogen and oxygen atoms in total. The molecule has 1 aromatic carbocycles. The predicted molar refractivity (Wildman–Crippen MR) is 78.1 cm³/mol. The van der Waals surface area contributed by atoms with Crippen LogP contribution in [0, 0.1) is 0 Å². The highest BCUT2D eigenvalue weighted by Gasteiger charge is 2.32. The van der Waals surface area contributed by atoms with Gasteiger partial charge in [-0.1, -0.05) is 35.5 Å². The van der Waals surface area contributed by atoms with Crippen LogP contribution in [0.25, 0.3) is 0 Å². The highest BCUT2D eigenvalue weighted by atomic mass is 35.5. The van der Waals surface area contributed by atoms with Crippen molar-refractivity contribution >= 4 is 23.4 Å². The minimum atomic E-state index is -4.63. The van der Waals surface area contributed by atoms with Crippen LogP contribution in [0.5, 0.6) is 0 Å². The maximum absolute atomic E-state index is 12.7. The third-order valence-corrected chi connectivity index (χ3v) is 3.86. The highest BCUT2D eigenvalue weighted by Crippen LogP contribution is 2.30. The Bertz CT molecular complexity index is 742. The molecule has 9 heteroatoms. The number of pyridine rings is 1. The van der Waals surface area contributed by atoms with Crippen LogP contribution in [0.15, 0.2) is 46.2 Å². The molecule has 124 valence electrons. The Kier molecular flexibility index (Phi) is 5.36. The molecule has 2 rings (SSSR count). The molecule has 0 aliphatic heterocycles. The molecule has 0 unspecified atom stereocenters. The monoisotopic (exact) mass is 369 g/mol. The first-order valence-electron chi connectivity index (χ1n) is 6.18. The van der Waals surface area contributed by atoms with Crippen LogP contribution in [-0.2, 0) is 12.7 Å². The van der Waals surface area contributed by atoms with Gasteiger partial charge in [-0.05, 0) is 23.8 Å². The van der Waals surface area contributed by atoms with Crippen molar-refractivity contribution in [1.82, 2.24) is 4.57 Å². The Hall–Kier alpha value is -1.54. The van der Waals surface area contributed by atoms with Crippen molar-refractivity contribution < 1.29 is 22.0 Å². The van der Waals surface area contributed by atoms with Gasteiger partial charge in [0.1, 0.15) is 5.02 Å². The summed E-state index contributed by atoms with van der Waals surface area (Å²) < 4.78 is 63.5. The van der Waals surface area contributed by atoms with E-state index in [1.165, 1.54) is 24.3 Å². The van der Waals surface area contributed by atoms with E-state index >= 15 is 0 Å². The van der Waals surface area contributed by atoms with Crippen molar-refractivity contribution in [1.29, 1.82) is 0 Å². The van der Waals surface area contributed by atoms with Gasteiger partial charge in [0.25, 0.3) is 11.3 Å². The maximum atomic E-state index is 12.7. The highest BCUT2D eigenvalue weighted by molar-refractivity contribution is 7.99. The van der Waals surface area contributed by atoms with Gasteiger partial charge >= 0.3 is 6.18 Å². The Balaban J connectivity index is 2.29. The topological polar surface area (TPSA) is 22.0 Å². The lowest BCUT2D eigenvalue weighted by molar-refractivity contribution is -0.138. The lowest BCUT2D eigenvalue weighted by Crippen LogP contribution is -2.23. The van der Waals surface area contributed by atoms with Crippen LogP contribution in [0.3, 0.4) is 0 Å². The molecule has 0 bridgehead atoms. The van der Waals surface area contributed by atoms with Gasteiger partial charge in [0.15, 0.2) is 0 Å². The lowest BCUT2D eigenvalue weighted by atomic mass is 10.2. The summed E-state index contributed by atoms with van der Waals surface area (Å²) >= 11 is 5.91. The predicted octanol–water partition coefficient (Wildman–Crippen LogP) is 4.88. The molecule has 0 spiro atoms. The fourth-order valence-electron chi connectivity index (χ4n) is 1.84. The van der Waals surface area contributed by atoms with Crippen molar-refractivity contribution in [3.63, 3.8) is 0 Å². The molecule has 0 atom stereocenters. The Morgan fingerprint density at radius 3 is 2.30 bits per heavy atom. The van der Waals surface area contributed by atoms with Crippen molar-refractivity contribution in [2.75, 3.05) is 0 Å². The summed E-state index contributed by atoms with van der Waals surface area (Å²) in [4.78, 5) is 12.1. The van der Waals surface area contributed by atoms with Gasteiger partial charge in [-0.2, -0.15) is 22.0 Å². The Morgan fingerprint density at radius 1 is 1.17 bits per heavy atom. The molecular formula is C14H9ClF5NOS. The van der Waals surface area contributed by atoms with E-state index in [0.29, 0.717) is 34.5 Å². The zero-order chi connectivity index (χ0) is 17.2. The standard InChI is InChI=1S/C14H9ClF5NOS/c15-11-5-9(14(18,19)20)7-21(12(11)22)6-8-1-3-10(4-2-8)23-13(16)17/h1-5,7,13H,6H2. The molecule has 0 saturated heterocycles. The molecule has 0 saturated carbocycles. The summed E-state index contributed by atoms with van der Waals surface area (Å²) in [6, 6.07) is 6.32. The minimum absolute atomic E-state index is 0.151. The second-order valence-corrected chi connectivity index (χ2v) is 6.00. The number of alkyl halides is 5. The molecule has 0 aliphatic rings. The molecule has 23 heavy (non-hydrogen) atoms. The first-order valence-corrected chi connectivity index (χ1v) is 7.43. The van der Waals surface area contributed by atoms with E-state index in [0.717, 1.165) is 4.57 Å². The van der Waals surface area contributed by atoms with Gasteiger partial charge in [-0.15, -0.1) is 0 Å². The number of benzene rings is 1. The third-order valence-electron chi connectivity index (χ3n) is 2.87. The summed E-state index contributed by atoms with van der Waals surface area (Å²) in [5.41, 5.74) is -1.31. The van der Waals surface area contributed by atoms with Crippen LogP contribution in [0.4, 0.5) is 22.0 Å².